The number of carbonyl (C=O) groups is 1. The molecule has 1 amide bonds. The number of aliphatic hydroxyl groups is 1. The van der Waals surface area contributed by atoms with Crippen LogP contribution in [-0.2, 0) is 17.8 Å². The summed E-state index contributed by atoms with van der Waals surface area (Å²) in [4.78, 5) is 12.6. The molecule has 0 radical (unpaired) electrons. The van der Waals surface area contributed by atoms with Gasteiger partial charge in [-0.25, -0.2) is 4.79 Å². The van der Waals surface area contributed by atoms with Crippen LogP contribution in [0.25, 0.3) is 0 Å². The van der Waals surface area contributed by atoms with E-state index in [0.717, 1.165) is 22.4 Å². The third-order valence-corrected chi connectivity index (χ3v) is 5.69. The number of amides is 1. The Morgan fingerprint density at radius 2 is 1.87 bits per heavy atom. The first-order chi connectivity index (χ1) is 15.0. The second-order valence-corrected chi connectivity index (χ2v) is 8.11. The van der Waals surface area contributed by atoms with E-state index in [4.69, 9.17) is 21.1 Å². The lowest BCUT2D eigenvalue weighted by atomic mass is 9.83. The highest BCUT2D eigenvalue weighted by Crippen LogP contribution is 2.42. The van der Waals surface area contributed by atoms with E-state index < -0.39 is 18.2 Å². The summed E-state index contributed by atoms with van der Waals surface area (Å²) in [5.41, 5.74) is 2.71. The molecule has 160 valence electrons. The number of alkyl carbamates (subject to hydrolysis) is 1. The fourth-order valence-electron chi connectivity index (χ4n) is 3.93. The van der Waals surface area contributed by atoms with Crippen LogP contribution < -0.4 is 10.1 Å². The van der Waals surface area contributed by atoms with Crippen molar-refractivity contribution in [2.45, 2.75) is 38.0 Å². The summed E-state index contributed by atoms with van der Waals surface area (Å²) in [6.07, 6.45) is -0.853. The first-order valence-corrected chi connectivity index (χ1v) is 10.6. The summed E-state index contributed by atoms with van der Waals surface area (Å²) in [5.74, 6) is 1.18. The molecule has 0 aromatic heterocycles. The number of fused-ring (bicyclic) bond motifs is 2. The van der Waals surface area contributed by atoms with Gasteiger partial charge in [0.25, 0.3) is 0 Å². The van der Waals surface area contributed by atoms with Crippen LogP contribution in [0.15, 0.2) is 72.8 Å². The molecule has 3 aromatic carbocycles. The van der Waals surface area contributed by atoms with Crippen molar-refractivity contribution >= 4 is 17.7 Å². The smallest absolute Gasteiger partial charge is 0.407 e. The Balaban J connectivity index is 1.59. The maximum absolute atomic E-state index is 12.6. The van der Waals surface area contributed by atoms with Crippen LogP contribution in [0, 0.1) is 0 Å². The summed E-state index contributed by atoms with van der Waals surface area (Å²) < 4.78 is 11.5. The average molecular weight is 438 g/mol. The highest BCUT2D eigenvalue weighted by Gasteiger charge is 2.34. The lowest BCUT2D eigenvalue weighted by Crippen LogP contribution is -2.46. The van der Waals surface area contributed by atoms with Crippen molar-refractivity contribution < 1.29 is 19.4 Å². The first kappa shape index (κ1) is 21.2. The van der Waals surface area contributed by atoms with Gasteiger partial charge in [0.15, 0.2) is 0 Å². The van der Waals surface area contributed by atoms with Crippen LogP contribution in [-0.4, -0.2) is 23.3 Å². The molecule has 0 spiro atoms. The average Bonchev–Trinajstić information content (AvgIpc) is 2.93. The predicted molar refractivity (Wildman–Crippen MR) is 120 cm³/mol. The van der Waals surface area contributed by atoms with Crippen LogP contribution in [0.5, 0.6) is 11.5 Å². The summed E-state index contributed by atoms with van der Waals surface area (Å²) in [5, 5.41) is 14.1. The molecule has 0 saturated carbocycles. The highest BCUT2D eigenvalue weighted by atomic mass is 35.5. The molecule has 2 N–H and O–H groups in total. The SMILES string of the molecule is C[C@H](O)C(NC(=O)OCc1ccccc1)C1Cc2cc(Cl)ccc2Oc2ccccc21. The van der Waals surface area contributed by atoms with Gasteiger partial charge in [0.05, 0.1) is 12.1 Å². The largest absolute Gasteiger partial charge is 0.457 e. The van der Waals surface area contributed by atoms with E-state index >= 15 is 0 Å². The molecule has 3 aromatic rings. The molecule has 0 fully saturated rings. The van der Waals surface area contributed by atoms with Crippen molar-refractivity contribution in [2.24, 2.45) is 0 Å². The molecule has 5 nitrogen and oxygen atoms in total. The first-order valence-electron chi connectivity index (χ1n) is 10.2. The molecule has 6 heteroatoms. The Bertz CT molecular complexity index is 1050. The monoisotopic (exact) mass is 437 g/mol. The van der Waals surface area contributed by atoms with Crippen LogP contribution in [0.2, 0.25) is 5.02 Å². The summed E-state index contributed by atoms with van der Waals surface area (Å²) in [6.45, 7) is 1.82. The number of carbonyl (C=O) groups excluding carboxylic acids is 1. The molecule has 2 unspecified atom stereocenters. The van der Waals surface area contributed by atoms with Gasteiger partial charge in [-0.2, -0.15) is 0 Å². The Morgan fingerprint density at radius 3 is 2.65 bits per heavy atom. The number of hydrogen-bond donors (Lipinski definition) is 2. The number of ether oxygens (including phenoxy) is 2. The molecular weight excluding hydrogens is 414 g/mol. The van der Waals surface area contributed by atoms with Gasteiger partial charge >= 0.3 is 6.09 Å². The molecule has 3 atom stereocenters. The van der Waals surface area contributed by atoms with E-state index in [2.05, 4.69) is 5.32 Å². The number of rotatable bonds is 5. The normalized spacial score (nSPS) is 16.7. The number of aliphatic hydroxyl groups excluding tert-OH is 1. The number of hydrogen-bond acceptors (Lipinski definition) is 4. The van der Waals surface area contributed by atoms with Gasteiger partial charge in [0.2, 0.25) is 0 Å². The van der Waals surface area contributed by atoms with Gasteiger partial charge in [0, 0.05) is 16.5 Å². The Hall–Kier alpha value is -3.02. The van der Waals surface area contributed by atoms with E-state index in [9.17, 15) is 9.90 Å². The predicted octanol–water partition coefficient (Wildman–Crippen LogP) is 5.45. The van der Waals surface area contributed by atoms with E-state index in [0.29, 0.717) is 17.2 Å². The highest BCUT2D eigenvalue weighted by molar-refractivity contribution is 6.30. The third kappa shape index (κ3) is 5.01. The van der Waals surface area contributed by atoms with Crippen molar-refractivity contribution in [3.05, 3.63) is 94.5 Å². The van der Waals surface area contributed by atoms with Crippen molar-refractivity contribution in [1.29, 1.82) is 0 Å². The molecule has 31 heavy (non-hydrogen) atoms. The maximum atomic E-state index is 12.6. The molecule has 1 heterocycles. The number of benzene rings is 3. The fourth-order valence-corrected chi connectivity index (χ4v) is 4.13. The van der Waals surface area contributed by atoms with E-state index in [1.54, 1.807) is 13.0 Å². The molecule has 0 bridgehead atoms. The minimum atomic E-state index is -0.817. The Morgan fingerprint density at radius 1 is 1.13 bits per heavy atom. The summed E-state index contributed by atoms with van der Waals surface area (Å²) in [7, 11) is 0. The van der Waals surface area contributed by atoms with Crippen LogP contribution in [0.3, 0.4) is 0 Å². The van der Waals surface area contributed by atoms with E-state index in [-0.39, 0.29) is 12.5 Å². The van der Waals surface area contributed by atoms with Gasteiger partial charge in [-0.3, -0.25) is 0 Å². The number of para-hydroxylation sites is 1. The Kier molecular flexibility index (Phi) is 6.44. The number of halogens is 1. The quantitative estimate of drug-likeness (QED) is 0.557. The summed E-state index contributed by atoms with van der Waals surface area (Å²) >= 11 is 6.22. The van der Waals surface area contributed by atoms with Crippen molar-refractivity contribution in [1.82, 2.24) is 5.32 Å². The Labute approximate surface area is 186 Å². The van der Waals surface area contributed by atoms with Crippen LogP contribution in [0.4, 0.5) is 4.79 Å². The lowest BCUT2D eigenvalue weighted by molar-refractivity contribution is 0.101. The fraction of sp³-hybridized carbons (Fsp3) is 0.240. The number of nitrogens with one attached hydrogen (secondary N) is 1. The molecule has 1 aliphatic rings. The van der Waals surface area contributed by atoms with Crippen molar-refractivity contribution in [2.75, 3.05) is 0 Å². The van der Waals surface area contributed by atoms with E-state index in [1.807, 2.05) is 66.7 Å². The van der Waals surface area contributed by atoms with Crippen molar-refractivity contribution in [3.63, 3.8) is 0 Å². The lowest BCUT2D eigenvalue weighted by Gasteiger charge is -2.30. The van der Waals surface area contributed by atoms with Crippen molar-refractivity contribution in [3.8, 4) is 11.5 Å². The zero-order chi connectivity index (χ0) is 21.8. The standard InChI is InChI=1S/C25H24ClNO4/c1-16(28)24(27-25(29)30-15-17-7-3-2-4-8-17)21-14-18-13-19(26)11-12-22(18)31-23-10-6-5-9-20(21)23/h2-13,16,21,24,28H,14-15H2,1H3,(H,27,29)/t16-,21?,24?/m0/s1. The van der Waals surface area contributed by atoms with Gasteiger partial charge in [-0.1, -0.05) is 60.1 Å². The zero-order valence-corrected chi connectivity index (χ0v) is 17.9. The minimum absolute atomic E-state index is 0.155. The molecule has 0 aliphatic carbocycles. The van der Waals surface area contributed by atoms with Gasteiger partial charge in [-0.15, -0.1) is 0 Å². The third-order valence-electron chi connectivity index (χ3n) is 5.45. The minimum Gasteiger partial charge on any atom is -0.457 e. The zero-order valence-electron chi connectivity index (χ0n) is 17.1. The second-order valence-electron chi connectivity index (χ2n) is 7.68. The van der Waals surface area contributed by atoms with Crippen LogP contribution in [0.1, 0.15) is 29.5 Å². The topological polar surface area (TPSA) is 67.8 Å². The second kappa shape index (κ2) is 9.41. The molecule has 4 rings (SSSR count). The molecule has 1 aliphatic heterocycles. The van der Waals surface area contributed by atoms with Gasteiger partial charge in [-0.05, 0) is 48.7 Å². The van der Waals surface area contributed by atoms with Crippen LogP contribution >= 0.6 is 11.6 Å². The summed E-state index contributed by atoms with van der Waals surface area (Å²) in [6, 6.07) is 22.0. The molecular formula is C25H24ClNO4. The van der Waals surface area contributed by atoms with E-state index in [1.165, 1.54) is 0 Å². The van der Waals surface area contributed by atoms with Gasteiger partial charge in [0.1, 0.15) is 18.1 Å². The van der Waals surface area contributed by atoms with Gasteiger partial charge < -0.3 is 19.9 Å². The maximum Gasteiger partial charge on any atom is 0.407 e. The molecule has 0 saturated heterocycles.